The van der Waals surface area contributed by atoms with Crippen LogP contribution in [0, 0.1) is 0 Å². The number of aromatic nitrogens is 1. The lowest BCUT2D eigenvalue weighted by atomic mass is 9.37. The summed E-state index contributed by atoms with van der Waals surface area (Å²) in [5, 5.41) is 2.67. The Morgan fingerprint density at radius 1 is 0.500 bits per heavy atom. The molecule has 2 heteroatoms. The van der Waals surface area contributed by atoms with E-state index in [9.17, 15) is 0 Å². The molecule has 0 spiro atoms. The monoisotopic (exact) mass is 403 g/mol. The van der Waals surface area contributed by atoms with Crippen molar-refractivity contribution in [3.63, 3.8) is 0 Å². The second kappa shape index (κ2) is 5.80. The minimum absolute atomic E-state index is 0.278. The van der Waals surface area contributed by atoms with Crippen molar-refractivity contribution in [1.82, 2.24) is 4.57 Å². The summed E-state index contributed by atoms with van der Waals surface area (Å²) in [5.74, 6) is 0. The highest BCUT2D eigenvalue weighted by atomic mass is 15.0. The van der Waals surface area contributed by atoms with E-state index in [4.69, 9.17) is 0 Å². The van der Waals surface area contributed by atoms with Gasteiger partial charge in [-0.05, 0) is 33.7 Å². The molecule has 3 heterocycles. The van der Waals surface area contributed by atoms with Crippen LogP contribution in [0.1, 0.15) is 0 Å². The molecule has 0 N–H and O–H groups in total. The second-order valence-corrected chi connectivity index (χ2v) is 8.91. The lowest BCUT2D eigenvalue weighted by Crippen LogP contribution is -2.53. The zero-order valence-electron chi connectivity index (χ0n) is 17.4. The van der Waals surface area contributed by atoms with Crippen LogP contribution in [-0.4, -0.2) is 11.3 Å². The molecule has 0 saturated heterocycles. The van der Waals surface area contributed by atoms with Crippen LogP contribution in [0.25, 0.3) is 49.7 Å². The van der Waals surface area contributed by atoms with E-state index in [1.165, 1.54) is 66.1 Å². The summed E-state index contributed by atoms with van der Waals surface area (Å²) >= 11 is 0. The van der Waals surface area contributed by atoms with Crippen molar-refractivity contribution < 1.29 is 0 Å². The van der Waals surface area contributed by atoms with Crippen molar-refractivity contribution in [3.8, 4) is 27.9 Å². The fourth-order valence-electron chi connectivity index (χ4n) is 6.21. The molecule has 5 aromatic carbocycles. The van der Waals surface area contributed by atoms with Crippen molar-refractivity contribution in [3.05, 3.63) is 109 Å². The predicted molar refractivity (Wildman–Crippen MR) is 136 cm³/mol. The first-order valence-corrected chi connectivity index (χ1v) is 11.3. The summed E-state index contributed by atoms with van der Waals surface area (Å²) in [5.41, 5.74) is 13.6. The summed E-state index contributed by atoms with van der Waals surface area (Å²) in [6, 6.07) is 40.2. The molecule has 0 saturated carbocycles. The normalized spacial score (nSPS) is 12.9. The van der Waals surface area contributed by atoms with Gasteiger partial charge < -0.3 is 4.57 Å². The van der Waals surface area contributed by atoms with Gasteiger partial charge in [0.05, 0.1) is 5.52 Å². The lowest BCUT2D eigenvalue weighted by molar-refractivity contribution is 1.19. The molecule has 8 rings (SSSR count). The van der Waals surface area contributed by atoms with Gasteiger partial charge in [-0.25, -0.2) is 0 Å². The Morgan fingerprint density at radius 2 is 1.22 bits per heavy atom. The Labute approximate surface area is 186 Å². The van der Waals surface area contributed by atoms with Crippen LogP contribution in [0.2, 0.25) is 0 Å². The largest absolute Gasteiger partial charge is 0.310 e. The highest BCUT2D eigenvalue weighted by Crippen LogP contribution is 2.40. The average molecular weight is 403 g/mol. The molecule has 0 fully saturated rings. The SMILES string of the molecule is c1ccc(-c2ccc3c4c2-n2c5ccccc5c5cccc(c52)B4c2ccccc2-3)cc1. The summed E-state index contributed by atoms with van der Waals surface area (Å²) < 4.78 is 2.55. The molecular formula is C30H18BN. The van der Waals surface area contributed by atoms with Crippen molar-refractivity contribution in [2.75, 3.05) is 0 Å². The van der Waals surface area contributed by atoms with Crippen LogP contribution in [0.15, 0.2) is 109 Å². The Morgan fingerprint density at radius 3 is 2.16 bits per heavy atom. The molecule has 1 nitrogen and oxygen atoms in total. The summed E-state index contributed by atoms with van der Waals surface area (Å²) in [6.07, 6.45) is 0. The highest BCUT2D eigenvalue weighted by Gasteiger charge is 2.41. The molecule has 0 bridgehead atoms. The van der Waals surface area contributed by atoms with Gasteiger partial charge in [-0.15, -0.1) is 0 Å². The number of nitrogens with zero attached hydrogens (tertiary/aromatic N) is 1. The molecule has 0 atom stereocenters. The van der Waals surface area contributed by atoms with E-state index in [1.807, 2.05) is 0 Å². The number of hydrogen-bond donors (Lipinski definition) is 0. The third-order valence-corrected chi connectivity index (χ3v) is 7.41. The van der Waals surface area contributed by atoms with Crippen LogP contribution < -0.4 is 16.4 Å². The summed E-state index contributed by atoms with van der Waals surface area (Å²) in [6.45, 7) is 0.278. The standard InChI is InChI=1S/C30H18BN/c1-2-9-19(10-3-1)20-17-18-23-21-11-4-6-14-25(21)31-26-15-8-13-24-22-12-5-7-16-27(22)32(29(24)26)30(20)28(23)31/h1-18H. The van der Waals surface area contributed by atoms with E-state index in [1.54, 1.807) is 0 Å². The number of hydrogen-bond acceptors (Lipinski definition) is 0. The molecule has 1 aromatic heterocycles. The van der Waals surface area contributed by atoms with E-state index in [0.29, 0.717) is 0 Å². The van der Waals surface area contributed by atoms with Crippen molar-refractivity contribution in [2.45, 2.75) is 0 Å². The maximum absolute atomic E-state index is 2.55. The molecule has 0 unspecified atom stereocenters. The summed E-state index contributed by atoms with van der Waals surface area (Å²) in [4.78, 5) is 0. The minimum Gasteiger partial charge on any atom is -0.310 e. The van der Waals surface area contributed by atoms with Crippen LogP contribution in [0.3, 0.4) is 0 Å². The predicted octanol–water partition coefficient (Wildman–Crippen LogP) is 5.26. The van der Waals surface area contributed by atoms with E-state index >= 15 is 0 Å². The van der Waals surface area contributed by atoms with E-state index < -0.39 is 0 Å². The lowest BCUT2D eigenvalue weighted by Gasteiger charge is -2.27. The van der Waals surface area contributed by atoms with Crippen molar-refractivity contribution in [2.24, 2.45) is 0 Å². The Kier molecular flexibility index (Phi) is 3.02. The molecule has 2 aliphatic heterocycles. The Hall–Kier alpha value is -4.04. The first-order chi connectivity index (χ1) is 15.9. The number of fused-ring (bicyclic) bond motifs is 8. The Balaban J connectivity index is 1.65. The molecule has 146 valence electrons. The van der Waals surface area contributed by atoms with Gasteiger partial charge in [0.1, 0.15) is 0 Å². The second-order valence-electron chi connectivity index (χ2n) is 8.91. The van der Waals surface area contributed by atoms with Gasteiger partial charge in [0.2, 0.25) is 6.71 Å². The van der Waals surface area contributed by atoms with Gasteiger partial charge in [-0.3, -0.25) is 0 Å². The molecule has 0 amide bonds. The van der Waals surface area contributed by atoms with E-state index in [2.05, 4.69) is 114 Å². The van der Waals surface area contributed by atoms with Gasteiger partial charge >= 0.3 is 0 Å². The Bertz CT molecular complexity index is 1730. The smallest absolute Gasteiger partial charge is 0.248 e. The van der Waals surface area contributed by atoms with Gasteiger partial charge in [-0.1, -0.05) is 109 Å². The fourth-order valence-corrected chi connectivity index (χ4v) is 6.21. The quantitative estimate of drug-likeness (QED) is 0.330. The van der Waals surface area contributed by atoms with Gasteiger partial charge in [0.25, 0.3) is 0 Å². The number of rotatable bonds is 1. The van der Waals surface area contributed by atoms with Crippen molar-refractivity contribution >= 4 is 44.9 Å². The zero-order chi connectivity index (χ0) is 20.8. The fraction of sp³-hybridized carbons (Fsp3) is 0. The van der Waals surface area contributed by atoms with Gasteiger partial charge in [-0.2, -0.15) is 0 Å². The van der Waals surface area contributed by atoms with Gasteiger partial charge in [0.15, 0.2) is 0 Å². The first-order valence-electron chi connectivity index (χ1n) is 11.3. The van der Waals surface area contributed by atoms with Crippen molar-refractivity contribution in [1.29, 1.82) is 0 Å². The summed E-state index contributed by atoms with van der Waals surface area (Å²) in [7, 11) is 0. The first kappa shape index (κ1) is 16.6. The van der Waals surface area contributed by atoms with E-state index in [-0.39, 0.29) is 6.71 Å². The van der Waals surface area contributed by atoms with Crippen LogP contribution in [0.5, 0.6) is 0 Å². The molecule has 2 aliphatic rings. The topological polar surface area (TPSA) is 4.93 Å². The molecule has 6 aromatic rings. The van der Waals surface area contributed by atoms with Crippen LogP contribution in [0.4, 0.5) is 0 Å². The molecular weight excluding hydrogens is 385 g/mol. The number of benzene rings is 5. The zero-order valence-corrected chi connectivity index (χ0v) is 17.4. The maximum Gasteiger partial charge on any atom is 0.248 e. The molecule has 0 aliphatic carbocycles. The minimum atomic E-state index is 0.278. The van der Waals surface area contributed by atoms with Crippen LogP contribution in [-0.2, 0) is 0 Å². The van der Waals surface area contributed by atoms with Crippen LogP contribution >= 0.6 is 0 Å². The maximum atomic E-state index is 2.55. The van der Waals surface area contributed by atoms with E-state index in [0.717, 1.165) is 0 Å². The third kappa shape index (κ3) is 1.87. The average Bonchev–Trinajstić information content (AvgIpc) is 3.38. The third-order valence-electron chi connectivity index (χ3n) is 7.41. The highest BCUT2D eigenvalue weighted by molar-refractivity contribution is 7.01. The van der Waals surface area contributed by atoms with Gasteiger partial charge in [0, 0.05) is 27.5 Å². The molecule has 32 heavy (non-hydrogen) atoms. The molecule has 0 radical (unpaired) electrons. The number of para-hydroxylation sites is 2.